The molecule has 0 saturated carbocycles. The number of β-amino-alcohol motifs (C(OH)–C–C–N with tert-alkyl or cyclic N) is 1. The van der Waals surface area contributed by atoms with Crippen LogP contribution in [-0.2, 0) is 4.74 Å². The van der Waals surface area contributed by atoms with Gasteiger partial charge in [-0.05, 0) is 45.1 Å². The third-order valence-corrected chi connectivity index (χ3v) is 4.88. The van der Waals surface area contributed by atoms with E-state index in [1.807, 2.05) is 6.92 Å². The van der Waals surface area contributed by atoms with E-state index in [0.717, 1.165) is 25.0 Å². The van der Waals surface area contributed by atoms with Crippen molar-refractivity contribution in [2.75, 3.05) is 13.7 Å². The molecule has 0 spiro atoms. The molecule has 0 aromatic rings. The van der Waals surface area contributed by atoms with Crippen molar-refractivity contribution in [1.82, 2.24) is 4.90 Å². The van der Waals surface area contributed by atoms with Gasteiger partial charge in [-0.1, -0.05) is 19.9 Å². The molecule has 0 bridgehead atoms. The molecular weight excluding hydrogens is 250 g/mol. The fraction of sp³-hybridized carbons (Fsp3) is 0.765. The van der Waals surface area contributed by atoms with Crippen molar-refractivity contribution >= 4 is 0 Å². The van der Waals surface area contributed by atoms with Crippen molar-refractivity contribution in [2.45, 2.75) is 58.6 Å². The normalized spacial score (nSPS) is 30.2. The Morgan fingerprint density at radius 3 is 2.80 bits per heavy atom. The topological polar surface area (TPSA) is 32.7 Å². The van der Waals surface area contributed by atoms with Crippen LogP contribution in [0.25, 0.3) is 0 Å². The second-order valence-corrected chi connectivity index (χ2v) is 6.86. The van der Waals surface area contributed by atoms with Gasteiger partial charge in [0.2, 0.25) is 0 Å². The van der Waals surface area contributed by atoms with Crippen LogP contribution in [0.3, 0.4) is 0 Å². The number of ether oxygens (including phenoxy) is 1. The molecule has 1 aliphatic heterocycles. The maximum atomic E-state index is 10.1. The molecule has 1 N–H and O–H groups in total. The molecule has 0 radical (unpaired) electrons. The smallest absolute Gasteiger partial charge is 0.137 e. The molecule has 3 unspecified atom stereocenters. The number of piperidine rings is 1. The zero-order valence-electron chi connectivity index (χ0n) is 13.5. The largest absolute Gasteiger partial charge is 0.495 e. The lowest BCUT2D eigenvalue weighted by molar-refractivity contribution is 0.0123. The van der Waals surface area contributed by atoms with Gasteiger partial charge in [0.05, 0.1) is 18.9 Å². The maximum absolute atomic E-state index is 10.1. The Labute approximate surface area is 123 Å². The van der Waals surface area contributed by atoms with Crippen LogP contribution >= 0.6 is 0 Å². The van der Waals surface area contributed by atoms with E-state index in [1.54, 1.807) is 7.11 Å². The van der Waals surface area contributed by atoms with Crippen molar-refractivity contribution in [3.05, 3.63) is 23.6 Å². The Morgan fingerprint density at radius 2 is 2.20 bits per heavy atom. The predicted octanol–water partition coefficient (Wildman–Crippen LogP) is 3.31. The second kappa shape index (κ2) is 5.80. The molecule has 0 amide bonds. The summed E-state index contributed by atoms with van der Waals surface area (Å²) < 4.78 is 5.62. The number of hydrogen-bond donors (Lipinski definition) is 1. The molecule has 114 valence electrons. The number of likely N-dealkylation sites (tertiary alicyclic amines) is 1. The van der Waals surface area contributed by atoms with Crippen LogP contribution in [0.4, 0.5) is 0 Å². The standard InChI is InChI=1S/C17H29NO2/c1-6-13(19)11-18-16-14(8-7-9-15(16)20-5)12(2)10-17(18,3)4/h7,9,12-14,19H,6,8,10-11H2,1-5H3. The Kier molecular flexibility index (Phi) is 4.48. The van der Waals surface area contributed by atoms with Crippen molar-refractivity contribution in [3.8, 4) is 0 Å². The summed E-state index contributed by atoms with van der Waals surface area (Å²) in [5, 5.41) is 10.1. The first kappa shape index (κ1) is 15.4. The molecule has 1 aliphatic carbocycles. The SMILES string of the molecule is CCC(O)CN1C2=C(OC)C=CCC2C(C)CC1(C)C. The Morgan fingerprint density at radius 1 is 1.50 bits per heavy atom. The van der Waals surface area contributed by atoms with Crippen LogP contribution in [0, 0.1) is 11.8 Å². The van der Waals surface area contributed by atoms with Crippen LogP contribution in [0.1, 0.15) is 47.0 Å². The molecule has 1 saturated heterocycles. The van der Waals surface area contributed by atoms with Crippen LogP contribution < -0.4 is 0 Å². The van der Waals surface area contributed by atoms with Crippen molar-refractivity contribution < 1.29 is 9.84 Å². The lowest BCUT2D eigenvalue weighted by Gasteiger charge is -2.53. The molecule has 3 nitrogen and oxygen atoms in total. The Balaban J connectivity index is 2.41. The first-order valence-electron chi connectivity index (χ1n) is 7.81. The van der Waals surface area contributed by atoms with Crippen molar-refractivity contribution in [3.63, 3.8) is 0 Å². The first-order chi connectivity index (χ1) is 9.40. The number of hydrogen-bond acceptors (Lipinski definition) is 3. The molecule has 20 heavy (non-hydrogen) atoms. The lowest BCUT2D eigenvalue weighted by Crippen LogP contribution is -2.54. The summed E-state index contributed by atoms with van der Waals surface area (Å²) in [5.74, 6) is 2.14. The second-order valence-electron chi connectivity index (χ2n) is 6.86. The summed E-state index contributed by atoms with van der Waals surface area (Å²) >= 11 is 0. The lowest BCUT2D eigenvalue weighted by atomic mass is 9.72. The monoisotopic (exact) mass is 279 g/mol. The van der Waals surface area contributed by atoms with E-state index < -0.39 is 0 Å². The van der Waals surface area contributed by atoms with Gasteiger partial charge < -0.3 is 14.7 Å². The molecule has 3 heteroatoms. The van der Waals surface area contributed by atoms with Crippen LogP contribution in [0.5, 0.6) is 0 Å². The van der Waals surface area contributed by atoms with E-state index in [-0.39, 0.29) is 11.6 Å². The highest BCUT2D eigenvalue weighted by molar-refractivity contribution is 5.30. The number of fused-ring (bicyclic) bond motifs is 1. The zero-order valence-corrected chi connectivity index (χ0v) is 13.5. The van der Waals surface area contributed by atoms with Crippen molar-refractivity contribution in [2.24, 2.45) is 11.8 Å². The minimum absolute atomic E-state index is 0.0658. The summed E-state index contributed by atoms with van der Waals surface area (Å²) in [7, 11) is 1.75. The highest BCUT2D eigenvalue weighted by atomic mass is 16.5. The number of aliphatic hydroxyl groups excluding tert-OH is 1. The number of aliphatic hydroxyl groups is 1. The zero-order chi connectivity index (χ0) is 14.9. The average Bonchev–Trinajstić information content (AvgIpc) is 2.41. The molecule has 0 aromatic carbocycles. The molecule has 1 fully saturated rings. The number of nitrogens with zero attached hydrogens (tertiary/aromatic N) is 1. The molecule has 0 aromatic heterocycles. The van der Waals surface area contributed by atoms with Crippen molar-refractivity contribution in [1.29, 1.82) is 0 Å². The Hall–Kier alpha value is -0.960. The van der Waals surface area contributed by atoms with E-state index in [9.17, 15) is 5.11 Å². The third kappa shape index (κ3) is 2.73. The van der Waals surface area contributed by atoms with E-state index >= 15 is 0 Å². The predicted molar refractivity (Wildman–Crippen MR) is 82.1 cm³/mol. The van der Waals surface area contributed by atoms with Gasteiger partial charge in [0.1, 0.15) is 5.76 Å². The number of rotatable bonds is 4. The molecular formula is C17H29NO2. The first-order valence-corrected chi connectivity index (χ1v) is 7.81. The van der Waals surface area contributed by atoms with Gasteiger partial charge in [0.25, 0.3) is 0 Å². The highest BCUT2D eigenvalue weighted by Gasteiger charge is 2.43. The molecule has 2 aliphatic rings. The van der Waals surface area contributed by atoms with E-state index in [2.05, 4.69) is 37.8 Å². The van der Waals surface area contributed by atoms with Crippen LogP contribution in [0.15, 0.2) is 23.6 Å². The quantitative estimate of drug-likeness (QED) is 0.857. The maximum Gasteiger partial charge on any atom is 0.137 e. The fourth-order valence-electron chi connectivity index (χ4n) is 3.76. The number of methoxy groups -OCH3 is 1. The minimum atomic E-state index is -0.278. The molecule has 3 atom stereocenters. The fourth-order valence-corrected chi connectivity index (χ4v) is 3.76. The average molecular weight is 279 g/mol. The van der Waals surface area contributed by atoms with E-state index in [4.69, 9.17) is 4.74 Å². The van der Waals surface area contributed by atoms with Gasteiger partial charge in [-0.2, -0.15) is 0 Å². The summed E-state index contributed by atoms with van der Waals surface area (Å²) in [6.45, 7) is 9.63. The van der Waals surface area contributed by atoms with E-state index in [0.29, 0.717) is 18.4 Å². The molecule has 1 heterocycles. The summed E-state index contributed by atoms with van der Waals surface area (Å²) in [5.41, 5.74) is 1.36. The van der Waals surface area contributed by atoms with Crippen LogP contribution in [-0.4, -0.2) is 35.3 Å². The number of allylic oxidation sites excluding steroid dienone is 3. The highest BCUT2D eigenvalue weighted by Crippen LogP contribution is 2.46. The summed E-state index contributed by atoms with van der Waals surface area (Å²) in [4.78, 5) is 2.40. The molecule has 2 rings (SSSR count). The van der Waals surface area contributed by atoms with Gasteiger partial charge in [-0.15, -0.1) is 0 Å². The minimum Gasteiger partial charge on any atom is -0.495 e. The van der Waals surface area contributed by atoms with Gasteiger partial charge in [-0.25, -0.2) is 0 Å². The van der Waals surface area contributed by atoms with Crippen LogP contribution in [0.2, 0.25) is 0 Å². The van der Waals surface area contributed by atoms with Gasteiger partial charge in [-0.3, -0.25) is 0 Å². The summed E-state index contributed by atoms with van der Waals surface area (Å²) in [6.07, 6.45) is 7.06. The third-order valence-electron chi connectivity index (χ3n) is 4.88. The van der Waals surface area contributed by atoms with Gasteiger partial charge in [0, 0.05) is 18.0 Å². The Bertz CT molecular complexity index is 411. The summed E-state index contributed by atoms with van der Waals surface area (Å²) in [6, 6.07) is 0. The van der Waals surface area contributed by atoms with E-state index in [1.165, 1.54) is 5.70 Å². The van der Waals surface area contributed by atoms with Gasteiger partial charge >= 0.3 is 0 Å². The van der Waals surface area contributed by atoms with Gasteiger partial charge in [0.15, 0.2) is 0 Å².